The summed E-state index contributed by atoms with van der Waals surface area (Å²) >= 11 is 0. The summed E-state index contributed by atoms with van der Waals surface area (Å²) in [6.45, 7) is 5.35. The van der Waals surface area contributed by atoms with E-state index >= 15 is 0 Å². The van der Waals surface area contributed by atoms with Crippen molar-refractivity contribution >= 4 is 24.1 Å². The van der Waals surface area contributed by atoms with Gasteiger partial charge in [0.15, 0.2) is 0 Å². The number of anilines is 1. The van der Waals surface area contributed by atoms with E-state index < -0.39 is 0 Å². The van der Waals surface area contributed by atoms with Gasteiger partial charge in [0.2, 0.25) is 0 Å². The van der Waals surface area contributed by atoms with Crippen LogP contribution in [0.5, 0.6) is 0 Å². The summed E-state index contributed by atoms with van der Waals surface area (Å²) in [5.74, 6) is -0.315. The van der Waals surface area contributed by atoms with Gasteiger partial charge in [0.1, 0.15) is 6.61 Å². The molecule has 0 unspecified atom stereocenters. The zero-order valence-electron chi connectivity index (χ0n) is 11.2. The van der Waals surface area contributed by atoms with Gasteiger partial charge in [0, 0.05) is 12.2 Å². The first kappa shape index (κ1) is 15.8. The third-order valence-electron chi connectivity index (χ3n) is 3.35. The van der Waals surface area contributed by atoms with E-state index in [1.807, 2.05) is 19.1 Å². The lowest BCUT2D eigenvalue weighted by atomic mass is 10.1. The van der Waals surface area contributed by atoms with Crippen molar-refractivity contribution in [1.29, 1.82) is 0 Å². The molecule has 4 nitrogen and oxygen atoms in total. The van der Waals surface area contributed by atoms with Gasteiger partial charge in [-0.25, -0.2) is 4.79 Å². The molecule has 0 radical (unpaired) electrons. The number of aryl methyl sites for hydroxylation is 1. The molecule has 0 saturated carbocycles. The number of carbonyl (C=O) groups is 1. The summed E-state index contributed by atoms with van der Waals surface area (Å²) in [7, 11) is 0. The molecule has 0 aromatic heterocycles. The van der Waals surface area contributed by atoms with Crippen LogP contribution in [-0.4, -0.2) is 37.1 Å². The van der Waals surface area contributed by atoms with Crippen LogP contribution >= 0.6 is 12.4 Å². The average Bonchev–Trinajstić information content (AvgIpc) is 2.82. The predicted octanol–water partition coefficient (Wildman–Crippen LogP) is 2.25. The second-order valence-electron chi connectivity index (χ2n) is 4.72. The fourth-order valence-electron chi connectivity index (χ4n) is 2.32. The standard InChI is InChI=1S/C14H20N2O2.ClH/c1-11-5-4-6-12(15)13(11)14(17)18-10-9-16-7-2-3-8-16;/h4-6H,2-3,7-10,15H2,1H3;1H. The largest absolute Gasteiger partial charge is 0.461 e. The quantitative estimate of drug-likeness (QED) is 0.681. The van der Waals surface area contributed by atoms with E-state index in [1.54, 1.807) is 6.07 Å². The first-order chi connectivity index (χ1) is 8.68. The molecule has 106 valence electrons. The molecule has 1 fully saturated rings. The number of likely N-dealkylation sites (tertiary alicyclic amines) is 1. The molecule has 1 heterocycles. The number of hydrogen-bond acceptors (Lipinski definition) is 4. The minimum atomic E-state index is -0.315. The molecule has 0 amide bonds. The molecule has 0 atom stereocenters. The van der Waals surface area contributed by atoms with E-state index in [4.69, 9.17) is 10.5 Å². The van der Waals surface area contributed by atoms with Crippen molar-refractivity contribution in [2.45, 2.75) is 19.8 Å². The number of rotatable bonds is 4. The number of halogens is 1. The maximum absolute atomic E-state index is 11.9. The second kappa shape index (κ2) is 7.36. The van der Waals surface area contributed by atoms with Crippen LogP contribution in [0.25, 0.3) is 0 Å². The fourth-order valence-corrected chi connectivity index (χ4v) is 2.32. The monoisotopic (exact) mass is 284 g/mol. The summed E-state index contributed by atoms with van der Waals surface area (Å²) < 4.78 is 5.29. The molecular weight excluding hydrogens is 264 g/mol. The van der Waals surface area contributed by atoms with Crippen LogP contribution in [0.2, 0.25) is 0 Å². The number of ether oxygens (including phenoxy) is 1. The van der Waals surface area contributed by atoms with Gasteiger partial charge in [-0.15, -0.1) is 12.4 Å². The Morgan fingerprint density at radius 3 is 2.68 bits per heavy atom. The molecule has 5 heteroatoms. The van der Waals surface area contributed by atoms with Gasteiger partial charge in [-0.1, -0.05) is 12.1 Å². The van der Waals surface area contributed by atoms with Crippen molar-refractivity contribution in [2.75, 3.05) is 32.0 Å². The summed E-state index contributed by atoms with van der Waals surface area (Å²) in [6, 6.07) is 5.43. The van der Waals surface area contributed by atoms with Crippen molar-refractivity contribution in [1.82, 2.24) is 4.90 Å². The van der Waals surface area contributed by atoms with Crippen LogP contribution in [-0.2, 0) is 4.74 Å². The number of nitrogens with two attached hydrogens (primary N) is 1. The Kier molecular flexibility index (Phi) is 6.12. The Balaban J connectivity index is 0.00000180. The molecule has 0 spiro atoms. The molecule has 1 aliphatic heterocycles. The van der Waals surface area contributed by atoms with E-state index in [9.17, 15) is 4.79 Å². The molecule has 0 aliphatic carbocycles. The first-order valence-corrected chi connectivity index (χ1v) is 6.43. The SMILES string of the molecule is Cc1cccc(N)c1C(=O)OCCN1CCCC1.Cl. The first-order valence-electron chi connectivity index (χ1n) is 6.43. The highest BCUT2D eigenvalue weighted by molar-refractivity contribution is 5.96. The summed E-state index contributed by atoms with van der Waals surface area (Å²) in [5.41, 5.74) is 7.65. The second-order valence-corrected chi connectivity index (χ2v) is 4.72. The molecule has 1 saturated heterocycles. The number of carbonyl (C=O) groups excluding carboxylic acids is 1. The Morgan fingerprint density at radius 1 is 1.37 bits per heavy atom. The van der Waals surface area contributed by atoms with Crippen LogP contribution in [0.4, 0.5) is 5.69 Å². The highest BCUT2D eigenvalue weighted by Gasteiger charge is 2.15. The molecule has 0 bridgehead atoms. The Hall–Kier alpha value is -1.26. The van der Waals surface area contributed by atoms with Gasteiger partial charge in [-0.05, 0) is 44.5 Å². The highest BCUT2D eigenvalue weighted by atomic mass is 35.5. The van der Waals surface area contributed by atoms with Gasteiger partial charge in [-0.3, -0.25) is 4.90 Å². The van der Waals surface area contributed by atoms with Crippen LogP contribution in [0, 0.1) is 6.92 Å². The van der Waals surface area contributed by atoms with Crippen molar-refractivity contribution in [2.24, 2.45) is 0 Å². The zero-order valence-corrected chi connectivity index (χ0v) is 12.0. The Bertz CT molecular complexity index is 411. The van der Waals surface area contributed by atoms with Gasteiger partial charge in [0.05, 0.1) is 5.56 Å². The number of benzene rings is 1. The van der Waals surface area contributed by atoms with E-state index in [1.165, 1.54) is 12.8 Å². The molecular formula is C14H21ClN2O2. The number of esters is 1. The lowest BCUT2D eigenvalue weighted by Gasteiger charge is -2.15. The smallest absolute Gasteiger partial charge is 0.340 e. The zero-order chi connectivity index (χ0) is 13.0. The van der Waals surface area contributed by atoms with E-state index in [2.05, 4.69) is 4.90 Å². The fraction of sp³-hybridized carbons (Fsp3) is 0.500. The third-order valence-corrected chi connectivity index (χ3v) is 3.35. The highest BCUT2D eigenvalue weighted by Crippen LogP contribution is 2.17. The van der Waals surface area contributed by atoms with E-state index in [0.717, 1.165) is 25.2 Å². The molecule has 1 aliphatic rings. The van der Waals surface area contributed by atoms with Crippen LogP contribution in [0.15, 0.2) is 18.2 Å². The minimum Gasteiger partial charge on any atom is -0.461 e. The Labute approximate surface area is 120 Å². The summed E-state index contributed by atoms with van der Waals surface area (Å²) in [5, 5.41) is 0. The van der Waals surface area contributed by atoms with E-state index in [-0.39, 0.29) is 18.4 Å². The maximum atomic E-state index is 11.9. The third kappa shape index (κ3) is 4.11. The normalized spacial score (nSPS) is 15.0. The minimum absolute atomic E-state index is 0. The number of hydrogen-bond donors (Lipinski definition) is 1. The predicted molar refractivity (Wildman–Crippen MR) is 78.8 cm³/mol. The van der Waals surface area contributed by atoms with Crippen molar-refractivity contribution in [3.05, 3.63) is 29.3 Å². The van der Waals surface area contributed by atoms with Crippen LogP contribution in [0.3, 0.4) is 0 Å². The number of nitrogens with zero attached hydrogens (tertiary/aromatic N) is 1. The maximum Gasteiger partial charge on any atom is 0.340 e. The van der Waals surface area contributed by atoms with Crippen molar-refractivity contribution in [3.63, 3.8) is 0 Å². The average molecular weight is 285 g/mol. The summed E-state index contributed by atoms with van der Waals surface area (Å²) in [4.78, 5) is 14.3. The topological polar surface area (TPSA) is 55.6 Å². The molecule has 1 aromatic carbocycles. The molecule has 19 heavy (non-hydrogen) atoms. The van der Waals surface area contributed by atoms with E-state index in [0.29, 0.717) is 17.9 Å². The lowest BCUT2D eigenvalue weighted by Crippen LogP contribution is -2.25. The van der Waals surface area contributed by atoms with Crippen molar-refractivity contribution < 1.29 is 9.53 Å². The van der Waals surface area contributed by atoms with Crippen LogP contribution < -0.4 is 5.73 Å². The molecule has 2 N–H and O–H groups in total. The van der Waals surface area contributed by atoms with Crippen molar-refractivity contribution in [3.8, 4) is 0 Å². The van der Waals surface area contributed by atoms with Gasteiger partial charge in [0.25, 0.3) is 0 Å². The van der Waals surface area contributed by atoms with Gasteiger partial charge in [-0.2, -0.15) is 0 Å². The number of nitrogen functional groups attached to an aromatic ring is 1. The Morgan fingerprint density at radius 2 is 2.05 bits per heavy atom. The van der Waals surface area contributed by atoms with Crippen LogP contribution in [0.1, 0.15) is 28.8 Å². The lowest BCUT2D eigenvalue weighted by molar-refractivity contribution is 0.0472. The van der Waals surface area contributed by atoms with Gasteiger partial charge >= 0.3 is 5.97 Å². The molecule has 2 rings (SSSR count). The van der Waals surface area contributed by atoms with Gasteiger partial charge < -0.3 is 10.5 Å². The summed E-state index contributed by atoms with van der Waals surface area (Å²) in [6.07, 6.45) is 2.50. The molecule has 1 aromatic rings.